The molecule has 0 aliphatic rings. The molecule has 0 atom stereocenters. The molecule has 0 aliphatic heterocycles. The van der Waals surface area contributed by atoms with Crippen LogP contribution in [0.4, 0.5) is 0 Å². The van der Waals surface area contributed by atoms with Crippen molar-refractivity contribution in [1.82, 2.24) is 25.2 Å². The molecule has 0 saturated carbocycles. The second-order valence-corrected chi connectivity index (χ2v) is 10.3. The Morgan fingerprint density at radius 3 is 2.49 bits per heavy atom. The molecule has 0 radical (unpaired) electrons. The minimum atomic E-state index is -0.452. The average molecular weight is 530 g/mol. The van der Waals surface area contributed by atoms with Crippen molar-refractivity contribution in [2.24, 2.45) is 0 Å². The number of amides is 1. The number of rotatable bonds is 9. The van der Waals surface area contributed by atoms with Gasteiger partial charge in [0.15, 0.2) is 5.65 Å². The lowest BCUT2D eigenvalue weighted by Crippen LogP contribution is -2.43. The lowest BCUT2D eigenvalue weighted by Gasteiger charge is -2.21. The van der Waals surface area contributed by atoms with Crippen LogP contribution in [0, 0.1) is 0 Å². The zero-order valence-corrected chi connectivity index (χ0v) is 23.3. The van der Waals surface area contributed by atoms with Crippen molar-refractivity contribution in [1.29, 1.82) is 0 Å². The minimum absolute atomic E-state index is 0.192. The predicted octanol–water partition coefficient (Wildman–Crippen LogP) is 4.17. The van der Waals surface area contributed by atoms with Gasteiger partial charge in [-0.25, -0.2) is 9.97 Å². The molecule has 9 nitrogen and oxygen atoms in total. The van der Waals surface area contributed by atoms with E-state index in [1.807, 2.05) is 77.2 Å². The van der Waals surface area contributed by atoms with Gasteiger partial charge in [0.05, 0.1) is 19.1 Å². The number of hydrogen-bond donors (Lipinski definition) is 2. The van der Waals surface area contributed by atoms with Crippen molar-refractivity contribution in [2.75, 3.05) is 20.8 Å². The number of hydrogen-bond acceptors (Lipinski definition) is 7. The van der Waals surface area contributed by atoms with E-state index in [1.54, 1.807) is 19.4 Å². The van der Waals surface area contributed by atoms with Gasteiger partial charge in [-0.3, -0.25) is 14.2 Å². The van der Waals surface area contributed by atoms with Gasteiger partial charge in [-0.1, -0.05) is 12.1 Å². The van der Waals surface area contributed by atoms with E-state index < -0.39 is 5.54 Å². The summed E-state index contributed by atoms with van der Waals surface area (Å²) in [6.07, 6.45) is 1.70. The number of carbonyl (C=O) groups excluding carboxylic acids is 1. The second-order valence-electron chi connectivity index (χ2n) is 10.3. The monoisotopic (exact) mass is 529 g/mol. The Balaban J connectivity index is 1.89. The van der Waals surface area contributed by atoms with Crippen LogP contribution in [0.1, 0.15) is 33.3 Å². The fourth-order valence-corrected chi connectivity index (χ4v) is 4.38. The normalized spacial score (nSPS) is 11.4. The van der Waals surface area contributed by atoms with Crippen LogP contribution >= 0.6 is 0 Å². The van der Waals surface area contributed by atoms with Gasteiger partial charge in [0, 0.05) is 29.4 Å². The molecule has 0 spiro atoms. The van der Waals surface area contributed by atoms with E-state index in [1.165, 1.54) is 4.57 Å². The van der Waals surface area contributed by atoms with Gasteiger partial charge in [-0.05, 0) is 82.3 Å². The first-order valence-electron chi connectivity index (χ1n) is 12.9. The van der Waals surface area contributed by atoms with Gasteiger partial charge < -0.3 is 20.1 Å². The summed E-state index contributed by atoms with van der Waals surface area (Å²) in [5.41, 5.74) is 2.78. The summed E-state index contributed by atoms with van der Waals surface area (Å²) in [7, 11) is 3.50. The maximum Gasteiger partial charge on any atom is 0.263 e. The van der Waals surface area contributed by atoms with Gasteiger partial charge in [0.2, 0.25) is 5.91 Å². The Morgan fingerprint density at radius 1 is 1.03 bits per heavy atom. The highest BCUT2D eigenvalue weighted by Gasteiger charge is 2.20. The molecule has 204 valence electrons. The number of ether oxygens (including phenoxy) is 2. The zero-order valence-electron chi connectivity index (χ0n) is 23.3. The first kappa shape index (κ1) is 27.8. The number of fused-ring (bicyclic) bond motifs is 1. The Kier molecular flexibility index (Phi) is 8.30. The van der Waals surface area contributed by atoms with E-state index >= 15 is 0 Å². The van der Waals surface area contributed by atoms with E-state index in [4.69, 9.17) is 14.5 Å². The largest absolute Gasteiger partial charge is 0.497 e. The number of carbonyl (C=O) groups is 1. The topological polar surface area (TPSA) is 107 Å². The third-order valence-corrected chi connectivity index (χ3v) is 5.95. The summed E-state index contributed by atoms with van der Waals surface area (Å²) >= 11 is 0. The highest BCUT2D eigenvalue weighted by molar-refractivity contribution is 5.83. The molecule has 39 heavy (non-hydrogen) atoms. The van der Waals surface area contributed by atoms with Gasteiger partial charge >= 0.3 is 0 Å². The average Bonchev–Trinajstić information content (AvgIpc) is 2.89. The fraction of sp³-hybridized carbons (Fsp3) is 0.333. The molecule has 4 aromatic rings. The van der Waals surface area contributed by atoms with Crippen LogP contribution in [0.3, 0.4) is 0 Å². The SMILES string of the molecule is CCOc1cccc(-c2nc3ncc(-c4cc(CNC)cc(OC)c4)cc3c(=O)n2CC(=O)NC(C)(C)C)c1. The Bertz CT molecular complexity index is 1560. The molecule has 0 saturated heterocycles. The molecule has 0 aliphatic carbocycles. The molecule has 0 bridgehead atoms. The van der Waals surface area contributed by atoms with Gasteiger partial charge in [0.25, 0.3) is 5.56 Å². The number of aromatic nitrogens is 3. The number of benzene rings is 2. The van der Waals surface area contributed by atoms with Crippen LogP contribution in [0.5, 0.6) is 11.5 Å². The molecule has 1 amide bonds. The van der Waals surface area contributed by atoms with Crippen LogP contribution in [0.25, 0.3) is 33.5 Å². The van der Waals surface area contributed by atoms with E-state index in [2.05, 4.69) is 15.6 Å². The molecule has 0 fully saturated rings. The maximum absolute atomic E-state index is 13.9. The highest BCUT2D eigenvalue weighted by Crippen LogP contribution is 2.28. The predicted molar refractivity (Wildman–Crippen MR) is 153 cm³/mol. The third kappa shape index (κ3) is 6.61. The quantitative estimate of drug-likeness (QED) is 0.335. The molecule has 2 aromatic carbocycles. The number of pyridine rings is 1. The Labute approximate surface area is 228 Å². The van der Waals surface area contributed by atoms with Crippen molar-refractivity contribution in [2.45, 2.75) is 46.3 Å². The van der Waals surface area contributed by atoms with Crippen molar-refractivity contribution in [3.63, 3.8) is 0 Å². The first-order chi connectivity index (χ1) is 18.6. The summed E-state index contributed by atoms with van der Waals surface area (Å²) in [5.74, 6) is 1.41. The van der Waals surface area contributed by atoms with E-state index in [0.717, 1.165) is 16.7 Å². The lowest BCUT2D eigenvalue weighted by atomic mass is 10.0. The fourth-order valence-electron chi connectivity index (χ4n) is 4.38. The summed E-state index contributed by atoms with van der Waals surface area (Å²) in [4.78, 5) is 36.2. The molecule has 9 heteroatoms. The number of nitrogens with zero attached hydrogens (tertiary/aromatic N) is 3. The molecule has 4 rings (SSSR count). The summed E-state index contributed by atoms with van der Waals surface area (Å²) < 4.78 is 12.5. The van der Waals surface area contributed by atoms with Gasteiger partial charge in [-0.2, -0.15) is 0 Å². The summed E-state index contributed by atoms with van der Waals surface area (Å²) in [6.45, 7) is 8.55. The molecular weight excluding hydrogens is 494 g/mol. The number of nitrogens with one attached hydrogen (secondary N) is 2. The van der Waals surface area contributed by atoms with Crippen molar-refractivity contribution < 1.29 is 14.3 Å². The summed E-state index contributed by atoms with van der Waals surface area (Å²) in [5, 5.41) is 6.40. The van der Waals surface area contributed by atoms with E-state index in [0.29, 0.717) is 47.1 Å². The van der Waals surface area contributed by atoms with Crippen molar-refractivity contribution in [3.8, 4) is 34.0 Å². The Hall–Kier alpha value is -4.24. The van der Waals surface area contributed by atoms with Crippen molar-refractivity contribution in [3.05, 3.63) is 70.6 Å². The van der Waals surface area contributed by atoms with Crippen LogP contribution in [0.15, 0.2) is 59.5 Å². The Morgan fingerprint density at radius 2 is 1.79 bits per heavy atom. The van der Waals surface area contributed by atoms with E-state index in [9.17, 15) is 9.59 Å². The van der Waals surface area contributed by atoms with Crippen LogP contribution in [-0.4, -0.2) is 46.7 Å². The molecule has 2 heterocycles. The number of methoxy groups -OCH3 is 1. The van der Waals surface area contributed by atoms with Crippen molar-refractivity contribution >= 4 is 16.9 Å². The van der Waals surface area contributed by atoms with Gasteiger partial charge in [-0.15, -0.1) is 0 Å². The highest BCUT2D eigenvalue weighted by atomic mass is 16.5. The second kappa shape index (κ2) is 11.7. The third-order valence-electron chi connectivity index (χ3n) is 5.95. The molecule has 0 unspecified atom stereocenters. The van der Waals surface area contributed by atoms with Crippen LogP contribution in [0.2, 0.25) is 0 Å². The van der Waals surface area contributed by atoms with Gasteiger partial charge in [0.1, 0.15) is 23.9 Å². The minimum Gasteiger partial charge on any atom is -0.497 e. The van der Waals surface area contributed by atoms with Crippen LogP contribution < -0.4 is 25.7 Å². The molecular formula is C30H35N5O4. The maximum atomic E-state index is 13.9. The standard InChI is InChI=1S/C30H35N5O4/c1-7-39-23-10-8-9-20(13-23)28-33-27-25(29(37)35(28)18-26(36)34-30(2,3)4)15-22(17-32-27)21-11-19(16-31-5)12-24(14-21)38-6/h8-15,17,31H,7,16,18H2,1-6H3,(H,34,36). The van der Waals surface area contributed by atoms with E-state index in [-0.39, 0.29) is 18.0 Å². The smallest absolute Gasteiger partial charge is 0.263 e. The molecule has 2 N–H and O–H groups in total. The first-order valence-corrected chi connectivity index (χ1v) is 12.9. The van der Waals surface area contributed by atoms with Crippen LogP contribution in [-0.2, 0) is 17.9 Å². The summed E-state index contributed by atoms with van der Waals surface area (Å²) in [6, 6.07) is 15.0. The molecule has 2 aromatic heterocycles. The zero-order chi connectivity index (χ0) is 28.2. The lowest BCUT2D eigenvalue weighted by molar-refractivity contribution is -0.123.